The van der Waals surface area contributed by atoms with E-state index in [0.717, 1.165) is 9.13 Å². The zero-order valence-electron chi connectivity index (χ0n) is 11.3. The standard InChI is InChI=1S/C14H13IN2O4/c1-21-11-5-7(15)4-8-9(11)6-17(14(8)20)10-2-3-12(18)16-13(10)19/h4-5,10H,2-3,6H2,1H3,(H,16,18,19). The summed E-state index contributed by atoms with van der Waals surface area (Å²) in [5, 5.41) is 2.29. The quantitative estimate of drug-likeness (QED) is 0.595. The molecule has 1 atom stereocenters. The number of piperidine rings is 1. The van der Waals surface area contributed by atoms with Gasteiger partial charge >= 0.3 is 0 Å². The molecule has 3 amide bonds. The molecule has 2 aliphatic rings. The first-order valence-electron chi connectivity index (χ1n) is 6.52. The predicted octanol–water partition coefficient (Wildman–Crippen LogP) is 1.06. The van der Waals surface area contributed by atoms with Crippen molar-refractivity contribution in [3.63, 3.8) is 0 Å². The number of ether oxygens (including phenoxy) is 1. The lowest BCUT2D eigenvalue weighted by Gasteiger charge is -2.29. The van der Waals surface area contributed by atoms with Crippen LogP contribution in [0.25, 0.3) is 0 Å². The number of carbonyl (C=O) groups is 3. The monoisotopic (exact) mass is 400 g/mol. The summed E-state index contributed by atoms with van der Waals surface area (Å²) in [6, 6.07) is 3.07. The topological polar surface area (TPSA) is 75.7 Å². The third kappa shape index (κ3) is 2.39. The van der Waals surface area contributed by atoms with Crippen LogP contribution in [0.4, 0.5) is 0 Å². The Morgan fingerprint density at radius 2 is 2.10 bits per heavy atom. The van der Waals surface area contributed by atoms with Crippen LogP contribution in [0, 0.1) is 3.57 Å². The molecule has 0 aromatic heterocycles. The molecule has 7 heteroatoms. The highest BCUT2D eigenvalue weighted by molar-refractivity contribution is 14.1. The number of fused-ring (bicyclic) bond motifs is 1. The number of benzene rings is 1. The lowest BCUT2D eigenvalue weighted by molar-refractivity contribution is -0.136. The van der Waals surface area contributed by atoms with E-state index in [1.807, 2.05) is 6.07 Å². The number of nitrogens with zero attached hydrogens (tertiary/aromatic N) is 1. The molecule has 1 aromatic carbocycles. The van der Waals surface area contributed by atoms with Gasteiger partial charge in [0.25, 0.3) is 5.91 Å². The van der Waals surface area contributed by atoms with Gasteiger partial charge in [-0.3, -0.25) is 19.7 Å². The van der Waals surface area contributed by atoms with Gasteiger partial charge < -0.3 is 9.64 Å². The third-order valence-electron chi connectivity index (χ3n) is 3.80. The van der Waals surface area contributed by atoms with Crippen molar-refractivity contribution in [1.82, 2.24) is 10.2 Å². The molecular formula is C14H13IN2O4. The van der Waals surface area contributed by atoms with E-state index in [9.17, 15) is 14.4 Å². The molecular weight excluding hydrogens is 387 g/mol. The van der Waals surface area contributed by atoms with Crippen molar-refractivity contribution in [1.29, 1.82) is 0 Å². The number of amides is 3. The minimum atomic E-state index is -0.593. The zero-order valence-corrected chi connectivity index (χ0v) is 13.5. The molecule has 0 bridgehead atoms. The number of hydrogen-bond acceptors (Lipinski definition) is 4. The van der Waals surface area contributed by atoms with Crippen molar-refractivity contribution in [2.75, 3.05) is 7.11 Å². The van der Waals surface area contributed by atoms with Crippen molar-refractivity contribution >= 4 is 40.3 Å². The second-order valence-electron chi connectivity index (χ2n) is 5.03. The second kappa shape index (κ2) is 5.28. The maximum atomic E-state index is 12.5. The SMILES string of the molecule is COc1cc(I)cc2c1CN(C1CCC(=O)NC1=O)C2=O. The third-order valence-corrected chi connectivity index (χ3v) is 4.42. The fourth-order valence-corrected chi connectivity index (χ4v) is 3.37. The number of nitrogens with one attached hydrogen (secondary N) is 1. The number of methoxy groups -OCH3 is 1. The van der Waals surface area contributed by atoms with Gasteiger partial charge in [0.15, 0.2) is 0 Å². The average Bonchev–Trinajstić information content (AvgIpc) is 2.76. The normalized spacial score (nSPS) is 21.3. The summed E-state index contributed by atoms with van der Waals surface area (Å²) in [7, 11) is 1.56. The maximum absolute atomic E-state index is 12.5. The summed E-state index contributed by atoms with van der Waals surface area (Å²) in [6.45, 7) is 0.334. The summed E-state index contributed by atoms with van der Waals surface area (Å²) < 4.78 is 6.23. The van der Waals surface area contributed by atoms with E-state index in [2.05, 4.69) is 27.9 Å². The van der Waals surface area contributed by atoms with E-state index in [-0.39, 0.29) is 18.2 Å². The Bertz CT molecular complexity index is 659. The summed E-state index contributed by atoms with van der Waals surface area (Å²) in [6.07, 6.45) is 0.620. The van der Waals surface area contributed by atoms with Gasteiger partial charge in [-0.15, -0.1) is 0 Å². The molecule has 2 heterocycles. The molecule has 0 spiro atoms. The first kappa shape index (κ1) is 14.3. The first-order valence-corrected chi connectivity index (χ1v) is 7.60. The Kier molecular flexibility index (Phi) is 3.60. The highest BCUT2D eigenvalue weighted by Gasteiger charge is 2.40. The molecule has 1 fully saturated rings. The van der Waals surface area contributed by atoms with Gasteiger partial charge in [0.1, 0.15) is 11.8 Å². The van der Waals surface area contributed by atoms with E-state index in [1.165, 1.54) is 4.90 Å². The summed E-state index contributed by atoms with van der Waals surface area (Å²) >= 11 is 2.13. The molecule has 6 nitrogen and oxygen atoms in total. The maximum Gasteiger partial charge on any atom is 0.255 e. The number of hydrogen-bond donors (Lipinski definition) is 1. The summed E-state index contributed by atoms with van der Waals surface area (Å²) in [5.41, 5.74) is 1.37. The smallest absolute Gasteiger partial charge is 0.255 e. The van der Waals surface area contributed by atoms with Crippen LogP contribution in [0.3, 0.4) is 0 Å². The van der Waals surface area contributed by atoms with Crippen molar-refractivity contribution in [3.8, 4) is 5.75 Å². The van der Waals surface area contributed by atoms with Crippen LogP contribution in [-0.2, 0) is 16.1 Å². The van der Waals surface area contributed by atoms with Crippen LogP contribution in [0.15, 0.2) is 12.1 Å². The van der Waals surface area contributed by atoms with E-state index in [0.29, 0.717) is 24.3 Å². The van der Waals surface area contributed by atoms with Gasteiger partial charge in [-0.2, -0.15) is 0 Å². The molecule has 0 saturated carbocycles. The lowest BCUT2D eigenvalue weighted by atomic mass is 10.0. The van der Waals surface area contributed by atoms with E-state index in [4.69, 9.17) is 4.74 Å². The van der Waals surface area contributed by atoms with E-state index < -0.39 is 11.9 Å². The summed E-state index contributed by atoms with van der Waals surface area (Å²) in [5.74, 6) is -0.218. The predicted molar refractivity (Wildman–Crippen MR) is 81.8 cm³/mol. The second-order valence-corrected chi connectivity index (χ2v) is 6.28. The van der Waals surface area contributed by atoms with Crippen molar-refractivity contribution in [3.05, 3.63) is 26.8 Å². The van der Waals surface area contributed by atoms with Crippen LogP contribution in [0.2, 0.25) is 0 Å². The fraction of sp³-hybridized carbons (Fsp3) is 0.357. The molecule has 21 heavy (non-hydrogen) atoms. The highest BCUT2D eigenvalue weighted by Crippen LogP contribution is 2.34. The minimum absolute atomic E-state index is 0.184. The molecule has 2 aliphatic heterocycles. The number of imide groups is 1. The zero-order chi connectivity index (χ0) is 15.1. The molecule has 110 valence electrons. The van der Waals surface area contributed by atoms with Gasteiger partial charge in [0.2, 0.25) is 11.8 Å². The Morgan fingerprint density at radius 1 is 1.33 bits per heavy atom. The minimum Gasteiger partial charge on any atom is -0.496 e. The van der Waals surface area contributed by atoms with Crippen molar-refractivity contribution < 1.29 is 19.1 Å². The van der Waals surface area contributed by atoms with Gasteiger partial charge in [-0.05, 0) is 41.1 Å². The molecule has 3 rings (SSSR count). The molecule has 0 radical (unpaired) electrons. The Labute approximate surface area is 135 Å². The lowest BCUT2D eigenvalue weighted by Crippen LogP contribution is -2.52. The largest absolute Gasteiger partial charge is 0.496 e. The van der Waals surface area contributed by atoms with Crippen LogP contribution in [0.5, 0.6) is 5.75 Å². The van der Waals surface area contributed by atoms with Gasteiger partial charge in [0.05, 0.1) is 13.7 Å². The van der Waals surface area contributed by atoms with E-state index in [1.54, 1.807) is 13.2 Å². The molecule has 1 saturated heterocycles. The highest BCUT2D eigenvalue weighted by atomic mass is 127. The molecule has 1 N–H and O–H groups in total. The first-order chi connectivity index (χ1) is 10.0. The van der Waals surface area contributed by atoms with Crippen LogP contribution in [0.1, 0.15) is 28.8 Å². The fourth-order valence-electron chi connectivity index (χ4n) is 2.78. The molecule has 1 unspecified atom stereocenters. The van der Waals surface area contributed by atoms with Gasteiger partial charge in [0, 0.05) is 21.1 Å². The number of rotatable bonds is 2. The van der Waals surface area contributed by atoms with Crippen LogP contribution >= 0.6 is 22.6 Å². The molecule has 0 aliphatic carbocycles. The van der Waals surface area contributed by atoms with Gasteiger partial charge in [-0.25, -0.2) is 0 Å². The van der Waals surface area contributed by atoms with Crippen molar-refractivity contribution in [2.45, 2.75) is 25.4 Å². The Balaban J connectivity index is 1.93. The molecule has 1 aromatic rings. The Morgan fingerprint density at radius 3 is 2.76 bits per heavy atom. The average molecular weight is 400 g/mol. The Hall–Kier alpha value is -1.64. The van der Waals surface area contributed by atoms with E-state index >= 15 is 0 Å². The van der Waals surface area contributed by atoms with Crippen molar-refractivity contribution in [2.24, 2.45) is 0 Å². The van der Waals surface area contributed by atoms with Gasteiger partial charge in [-0.1, -0.05) is 0 Å². The summed E-state index contributed by atoms with van der Waals surface area (Å²) in [4.78, 5) is 37.2. The van der Waals surface area contributed by atoms with Crippen LogP contribution < -0.4 is 10.1 Å². The number of carbonyl (C=O) groups excluding carboxylic acids is 3. The van der Waals surface area contributed by atoms with Crippen LogP contribution in [-0.4, -0.2) is 35.8 Å². The number of halogens is 1.